The van der Waals surface area contributed by atoms with E-state index in [1.54, 1.807) is 0 Å². The van der Waals surface area contributed by atoms with Crippen LogP contribution in [0.3, 0.4) is 0 Å². The minimum Gasteiger partial charge on any atom is -0.318 e. The maximum absolute atomic E-state index is 15.5. The fourth-order valence-electron chi connectivity index (χ4n) is 6.28. The third-order valence-electron chi connectivity index (χ3n) is 8.00. The van der Waals surface area contributed by atoms with Crippen molar-refractivity contribution in [3.63, 3.8) is 0 Å². The predicted octanol–water partition coefficient (Wildman–Crippen LogP) is 8.93. The molecule has 0 amide bonds. The van der Waals surface area contributed by atoms with Crippen LogP contribution < -0.4 is 5.30 Å². The van der Waals surface area contributed by atoms with E-state index in [4.69, 9.17) is 0 Å². The highest BCUT2D eigenvalue weighted by atomic mass is 31.2. The second kappa shape index (κ2) is 10.9. The standard InChI is InChI=1S/C32H37OP/c33-34(28-19-9-3-10-20-28,29-21-11-4-12-22-29)32-24-14-13-23-30(32)31(27-17-7-2-8-18-27)25-26-15-5-1-6-16-26/h1-2,5-8,13-18,23-25,28-29H,3-4,9-12,19-22H2/b31-25+. The van der Waals surface area contributed by atoms with Gasteiger partial charge in [0.25, 0.3) is 0 Å². The molecule has 3 aromatic rings. The Bertz CT molecular complexity index is 1110. The molecule has 2 fully saturated rings. The molecule has 0 N–H and O–H groups in total. The van der Waals surface area contributed by atoms with Gasteiger partial charge in [-0.2, -0.15) is 0 Å². The average molecular weight is 469 g/mol. The molecule has 2 aliphatic rings. The molecule has 0 unspecified atom stereocenters. The summed E-state index contributed by atoms with van der Waals surface area (Å²) in [6.07, 6.45) is 14.3. The van der Waals surface area contributed by atoms with Gasteiger partial charge in [0.05, 0.1) is 0 Å². The summed E-state index contributed by atoms with van der Waals surface area (Å²) in [5.74, 6) is 0. The van der Waals surface area contributed by atoms with Gasteiger partial charge >= 0.3 is 0 Å². The van der Waals surface area contributed by atoms with Crippen molar-refractivity contribution in [1.29, 1.82) is 0 Å². The first kappa shape index (κ1) is 23.4. The zero-order chi connectivity index (χ0) is 23.2. The van der Waals surface area contributed by atoms with E-state index < -0.39 is 7.14 Å². The van der Waals surface area contributed by atoms with E-state index >= 15 is 4.57 Å². The van der Waals surface area contributed by atoms with Gasteiger partial charge in [-0.05, 0) is 54.0 Å². The molecule has 3 aromatic carbocycles. The predicted molar refractivity (Wildman–Crippen MR) is 147 cm³/mol. The number of rotatable bonds is 6. The van der Waals surface area contributed by atoms with Gasteiger partial charge < -0.3 is 4.57 Å². The molecule has 0 atom stereocenters. The molecule has 1 nitrogen and oxygen atoms in total. The van der Waals surface area contributed by atoms with Gasteiger partial charge in [-0.1, -0.05) is 123 Å². The Morgan fingerprint density at radius 1 is 0.618 bits per heavy atom. The first-order valence-electron chi connectivity index (χ1n) is 13.3. The van der Waals surface area contributed by atoms with Crippen molar-refractivity contribution in [2.45, 2.75) is 75.5 Å². The monoisotopic (exact) mass is 468 g/mol. The van der Waals surface area contributed by atoms with Crippen LogP contribution in [0.25, 0.3) is 11.6 Å². The van der Waals surface area contributed by atoms with Crippen LogP contribution in [0.1, 0.15) is 80.9 Å². The summed E-state index contributed by atoms with van der Waals surface area (Å²) in [4.78, 5) is 0. The van der Waals surface area contributed by atoms with Gasteiger partial charge in [-0.3, -0.25) is 0 Å². The Labute approximate surface area is 205 Å². The second-order valence-corrected chi connectivity index (χ2v) is 13.5. The molecule has 0 saturated heterocycles. The molecule has 2 aliphatic carbocycles. The molecular formula is C32H37OP. The Hall–Kier alpha value is -2.37. The Balaban J connectivity index is 1.69. The molecule has 2 heteroatoms. The Morgan fingerprint density at radius 3 is 1.71 bits per heavy atom. The van der Waals surface area contributed by atoms with Gasteiger partial charge in [0.2, 0.25) is 0 Å². The highest BCUT2D eigenvalue weighted by molar-refractivity contribution is 7.73. The molecule has 176 valence electrons. The fraction of sp³-hybridized carbons (Fsp3) is 0.375. The second-order valence-electron chi connectivity index (χ2n) is 10.1. The number of hydrogen-bond acceptors (Lipinski definition) is 1. The lowest BCUT2D eigenvalue weighted by Crippen LogP contribution is -2.31. The van der Waals surface area contributed by atoms with E-state index in [1.165, 1.54) is 60.8 Å². The van der Waals surface area contributed by atoms with Crippen LogP contribution in [0, 0.1) is 0 Å². The van der Waals surface area contributed by atoms with Gasteiger partial charge in [0.15, 0.2) is 0 Å². The quantitative estimate of drug-likeness (QED) is 0.261. The van der Waals surface area contributed by atoms with Crippen molar-refractivity contribution in [3.8, 4) is 0 Å². The zero-order valence-electron chi connectivity index (χ0n) is 20.2. The summed E-state index contributed by atoms with van der Waals surface area (Å²) < 4.78 is 15.5. The SMILES string of the molecule is O=P(c1ccccc1/C(=C/c1ccccc1)c1ccccc1)(C1CCCCC1)C1CCCCC1. The van der Waals surface area contributed by atoms with Crippen LogP contribution >= 0.6 is 7.14 Å². The lowest BCUT2D eigenvalue weighted by molar-refractivity contribution is 0.452. The summed E-state index contributed by atoms with van der Waals surface area (Å²) in [6, 6.07) is 30.0. The van der Waals surface area contributed by atoms with E-state index in [0.29, 0.717) is 11.3 Å². The van der Waals surface area contributed by atoms with Crippen molar-refractivity contribution in [2.24, 2.45) is 0 Å². The smallest absolute Gasteiger partial charge is 0.122 e. The van der Waals surface area contributed by atoms with Gasteiger partial charge in [0, 0.05) is 16.6 Å². The van der Waals surface area contributed by atoms with E-state index in [9.17, 15) is 0 Å². The first-order valence-corrected chi connectivity index (χ1v) is 15.1. The lowest BCUT2D eigenvalue weighted by atomic mass is 9.95. The lowest BCUT2D eigenvalue weighted by Gasteiger charge is -2.39. The third-order valence-corrected chi connectivity index (χ3v) is 12.3. The molecular weight excluding hydrogens is 431 g/mol. The summed E-state index contributed by atoms with van der Waals surface area (Å²) >= 11 is 0. The van der Waals surface area contributed by atoms with Crippen molar-refractivity contribution < 1.29 is 4.57 Å². The van der Waals surface area contributed by atoms with Gasteiger partial charge in [-0.15, -0.1) is 0 Å². The summed E-state index contributed by atoms with van der Waals surface area (Å²) in [6.45, 7) is 0. The molecule has 0 spiro atoms. The van der Waals surface area contributed by atoms with Crippen LogP contribution in [0.2, 0.25) is 0 Å². The van der Waals surface area contributed by atoms with Crippen molar-refractivity contribution >= 4 is 24.1 Å². The fourth-order valence-corrected chi connectivity index (χ4v) is 10.8. The zero-order valence-corrected chi connectivity index (χ0v) is 21.1. The Kier molecular flexibility index (Phi) is 7.51. The summed E-state index contributed by atoms with van der Waals surface area (Å²) in [5.41, 5.74) is 5.43. The minimum atomic E-state index is -2.58. The van der Waals surface area contributed by atoms with Crippen LogP contribution in [-0.2, 0) is 4.57 Å². The van der Waals surface area contributed by atoms with E-state index in [1.807, 2.05) is 0 Å². The third kappa shape index (κ3) is 4.87. The maximum Gasteiger partial charge on any atom is 0.122 e. The van der Waals surface area contributed by atoms with E-state index in [-0.39, 0.29) is 0 Å². The average Bonchev–Trinajstić information content (AvgIpc) is 2.93. The van der Waals surface area contributed by atoms with Gasteiger partial charge in [-0.25, -0.2) is 0 Å². The van der Waals surface area contributed by atoms with E-state index in [0.717, 1.165) is 31.0 Å². The number of benzene rings is 3. The molecule has 0 aromatic heterocycles. The van der Waals surface area contributed by atoms with Crippen LogP contribution in [-0.4, -0.2) is 11.3 Å². The maximum atomic E-state index is 15.5. The highest BCUT2D eigenvalue weighted by Crippen LogP contribution is 2.62. The van der Waals surface area contributed by atoms with Crippen LogP contribution in [0.5, 0.6) is 0 Å². The molecule has 2 saturated carbocycles. The van der Waals surface area contributed by atoms with Crippen LogP contribution in [0.4, 0.5) is 0 Å². The molecule has 34 heavy (non-hydrogen) atoms. The highest BCUT2D eigenvalue weighted by Gasteiger charge is 2.43. The van der Waals surface area contributed by atoms with Crippen molar-refractivity contribution in [1.82, 2.24) is 0 Å². The van der Waals surface area contributed by atoms with Crippen LogP contribution in [0.15, 0.2) is 84.9 Å². The van der Waals surface area contributed by atoms with E-state index in [2.05, 4.69) is 91.0 Å². The molecule has 0 bridgehead atoms. The largest absolute Gasteiger partial charge is 0.318 e. The molecule has 0 radical (unpaired) electrons. The normalized spacial score (nSPS) is 18.6. The minimum absolute atomic E-state index is 0.347. The number of hydrogen-bond donors (Lipinski definition) is 0. The molecule has 5 rings (SSSR count). The van der Waals surface area contributed by atoms with Crippen molar-refractivity contribution in [3.05, 3.63) is 102 Å². The topological polar surface area (TPSA) is 17.1 Å². The first-order chi connectivity index (χ1) is 16.8. The molecule has 0 heterocycles. The van der Waals surface area contributed by atoms with Gasteiger partial charge in [0.1, 0.15) is 7.14 Å². The van der Waals surface area contributed by atoms with Crippen molar-refractivity contribution in [2.75, 3.05) is 0 Å². The Morgan fingerprint density at radius 2 is 1.12 bits per heavy atom. The summed E-state index contributed by atoms with van der Waals surface area (Å²) in [7, 11) is -2.58. The molecule has 0 aliphatic heterocycles. The summed E-state index contributed by atoms with van der Waals surface area (Å²) in [5, 5.41) is 1.15.